The van der Waals surface area contributed by atoms with Crippen LogP contribution in [0.4, 0.5) is 13.2 Å². The SMILES string of the molecule is FC(F)(F)CCOc1c(Cl)cc(C2=CN2)cc1Cl. The molecule has 7 heteroatoms. The predicted octanol–water partition coefficient (Wildman–Crippen LogP) is 4.23. The van der Waals surface area contributed by atoms with E-state index in [4.69, 9.17) is 27.9 Å². The summed E-state index contributed by atoms with van der Waals surface area (Å²) in [7, 11) is 0. The molecule has 1 aliphatic rings. The minimum atomic E-state index is -4.26. The summed E-state index contributed by atoms with van der Waals surface area (Å²) in [4.78, 5) is 0. The van der Waals surface area contributed by atoms with Gasteiger partial charge >= 0.3 is 6.18 Å². The van der Waals surface area contributed by atoms with Crippen LogP contribution in [0, 0.1) is 0 Å². The Kier molecular flexibility index (Phi) is 3.64. The maximum absolute atomic E-state index is 12.0. The Morgan fingerprint density at radius 3 is 2.17 bits per heavy atom. The summed E-state index contributed by atoms with van der Waals surface area (Å²) in [5.41, 5.74) is 1.65. The van der Waals surface area contributed by atoms with E-state index in [1.807, 2.05) is 0 Å². The van der Waals surface area contributed by atoms with Gasteiger partial charge in [0.2, 0.25) is 0 Å². The van der Waals surface area contributed by atoms with E-state index in [2.05, 4.69) is 5.32 Å². The first-order valence-corrected chi connectivity index (χ1v) is 5.78. The third kappa shape index (κ3) is 3.46. The van der Waals surface area contributed by atoms with E-state index < -0.39 is 19.2 Å². The summed E-state index contributed by atoms with van der Waals surface area (Å²) >= 11 is 11.8. The maximum Gasteiger partial charge on any atom is 0.392 e. The largest absolute Gasteiger partial charge is 0.490 e. The van der Waals surface area contributed by atoms with Gasteiger partial charge in [0.25, 0.3) is 0 Å². The number of rotatable bonds is 4. The third-order valence-corrected chi connectivity index (χ3v) is 2.79. The van der Waals surface area contributed by atoms with Gasteiger partial charge in [-0.15, -0.1) is 0 Å². The van der Waals surface area contributed by atoms with E-state index in [1.165, 1.54) is 0 Å². The molecule has 98 valence electrons. The summed E-state index contributed by atoms with van der Waals surface area (Å²) in [6.45, 7) is -0.511. The summed E-state index contributed by atoms with van der Waals surface area (Å²) in [5, 5.41) is 3.25. The van der Waals surface area contributed by atoms with Crippen molar-refractivity contribution in [2.45, 2.75) is 12.6 Å². The fraction of sp³-hybridized carbons (Fsp3) is 0.273. The molecule has 2 rings (SSSR count). The van der Waals surface area contributed by atoms with Gasteiger partial charge in [-0.05, 0) is 12.1 Å². The molecule has 0 unspecified atom stereocenters. The lowest BCUT2D eigenvalue weighted by atomic mass is 10.2. The van der Waals surface area contributed by atoms with Gasteiger partial charge in [-0.2, -0.15) is 13.2 Å². The molecule has 1 heterocycles. The van der Waals surface area contributed by atoms with Gasteiger partial charge in [-0.1, -0.05) is 23.2 Å². The minimum absolute atomic E-state index is 0.0765. The number of hydrogen-bond acceptors (Lipinski definition) is 2. The first-order valence-electron chi connectivity index (χ1n) is 5.02. The second-order valence-corrected chi connectivity index (χ2v) is 4.50. The van der Waals surface area contributed by atoms with Gasteiger partial charge in [-0.25, -0.2) is 0 Å². The summed E-state index contributed by atoms with van der Waals surface area (Å²) in [6, 6.07) is 3.17. The molecule has 1 aromatic rings. The number of nitrogens with one attached hydrogen (secondary N) is 1. The summed E-state index contributed by atoms with van der Waals surface area (Å²) in [5.74, 6) is 0.0765. The number of benzene rings is 1. The van der Waals surface area contributed by atoms with Crippen LogP contribution in [0.3, 0.4) is 0 Å². The van der Waals surface area contributed by atoms with Gasteiger partial charge in [0, 0.05) is 11.8 Å². The second kappa shape index (κ2) is 4.90. The fourth-order valence-electron chi connectivity index (χ4n) is 1.32. The molecule has 2 nitrogen and oxygen atoms in total. The highest BCUT2D eigenvalue weighted by atomic mass is 35.5. The Bertz CT molecular complexity index is 477. The van der Waals surface area contributed by atoms with Crippen LogP contribution in [0.2, 0.25) is 10.0 Å². The van der Waals surface area contributed by atoms with Crippen LogP contribution in [-0.4, -0.2) is 12.8 Å². The van der Waals surface area contributed by atoms with E-state index in [1.54, 1.807) is 18.3 Å². The lowest BCUT2D eigenvalue weighted by Gasteiger charge is -2.12. The van der Waals surface area contributed by atoms with Crippen molar-refractivity contribution in [1.29, 1.82) is 0 Å². The number of ether oxygens (including phenoxy) is 1. The van der Waals surface area contributed by atoms with Gasteiger partial charge in [0.1, 0.15) is 0 Å². The average molecular weight is 298 g/mol. The van der Waals surface area contributed by atoms with Crippen LogP contribution in [-0.2, 0) is 0 Å². The minimum Gasteiger partial charge on any atom is -0.490 e. The van der Waals surface area contributed by atoms with E-state index in [0.29, 0.717) is 0 Å². The smallest absolute Gasteiger partial charge is 0.392 e. The highest BCUT2D eigenvalue weighted by molar-refractivity contribution is 6.37. The van der Waals surface area contributed by atoms with Crippen LogP contribution >= 0.6 is 23.2 Å². The Hall–Kier alpha value is -1.07. The molecule has 0 saturated heterocycles. The summed E-state index contributed by atoms with van der Waals surface area (Å²) in [6.07, 6.45) is -3.55. The number of hydrogen-bond donors (Lipinski definition) is 1. The topological polar surface area (TPSA) is 31.2 Å². The van der Waals surface area contributed by atoms with E-state index >= 15 is 0 Å². The first-order chi connectivity index (χ1) is 8.37. The Balaban J connectivity index is 2.06. The average Bonchev–Trinajstić information content (AvgIpc) is 3.03. The van der Waals surface area contributed by atoms with Crippen molar-refractivity contribution >= 4 is 28.9 Å². The van der Waals surface area contributed by atoms with Crippen molar-refractivity contribution in [2.24, 2.45) is 0 Å². The van der Waals surface area contributed by atoms with Crippen molar-refractivity contribution < 1.29 is 17.9 Å². The normalized spacial score (nSPS) is 13.9. The van der Waals surface area contributed by atoms with Crippen LogP contribution in [0.25, 0.3) is 5.70 Å². The zero-order valence-corrected chi connectivity index (χ0v) is 10.5. The van der Waals surface area contributed by atoms with E-state index in [9.17, 15) is 13.2 Å². The van der Waals surface area contributed by atoms with Crippen LogP contribution in [0.5, 0.6) is 5.75 Å². The molecule has 1 aliphatic heterocycles. The maximum atomic E-state index is 12.0. The second-order valence-electron chi connectivity index (χ2n) is 3.69. The molecule has 0 bridgehead atoms. The van der Waals surface area contributed by atoms with Crippen molar-refractivity contribution in [3.8, 4) is 5.75 Å². The van der Waals surface area contributed by atoms with Gasteiger partial charge in [0.05, 0.1) is 28.8 Å². The van der Waals surface area contributed by atoms with Crippen molar-refractivity contribution in [1.82, 2.24) is 5.32 Å². The number of halogens is 5. The Morgan fingerprint density at radius 2 is 1.72 bits per heavy atom. The standard InChI is InChI=1S/C11H8Cl2F3NO/c12-7-3-6(9-5-17-9)4-8(13)10(7)18-2-1-11(14,15)16/h3-5,17H,1-2H2. The van der Waals surface area contributed by atoms with Crippen LogP contribution in [0.15, 0.2) is 18.3 Å². The van der Waals surface area contributed by atoms with Crippen molar-refractivity contribution in [3.63, 3.8) is 0 Å². The van der Waals surface area contributed by atoms with Crippen LogP contribution < -0.4 is 10.1 Å². The highest BCUT2D eigenvalue weighted by Gasteiger charge is 2.27. The Labute approximate surface area is 111 Å². The summed E-state index contributed by atoms with van der Waals surface area (Å²) < 4.78 is 40.9. The quantitative estimate of drug-likeness (QED) is 0.902. The lowest BCUT2D eigenvalue weighted by Crippen LogP contribution is -2.13. The van der Waals surface area contributed by atoms with E-state index in [-0.39, 0.29) is 15.8 Å². The van der Waals surface area contributed by atoms with Crippen molar-refractivity contribution in [2.75, 3.05) is 6.61 Å². The molecule has 0 amide bonds. The molecule has 0 aliphatic carbocycles. The monoisotopic (exact) mass is 297 g/mol. The zero-order valence-electron chi connectivity index (χ0n) is 8.94. The molecular formula is C11H8Cl2F3NO. The van der Waals surface area contributed by atoms with Crippen molar-refractivity contribution in [3.05, 3.63) is 33.9 Å². The van der Waals surface area contributed by atoms with Gasteiger partial charge < -0.3 is 10.1 Å². The Morgan fingerprint density at radius 1 is 1.17 bits per heavy atom. The predicted molar refractivity (Wildman–Crippen MR) is 63.7 cm³/mol. The molecule has 1 N–H and O–H groups in total. The molecular weight excluding hydrogens is 290 g/mol. The molecule has 0 atom stereocenters. The lowest BCUT2D eigenvalue weighted by molar-refractivity contribution is -0.139. The van der Waals surface area contributed by atoms with Crippen LogP contribution in [0.1, 0.15) is 12.0 Å². The molecule has 0 aromatic heterocycles. The molecule has 0 fully saturated rings. The molecule has 0 radical (unpaired) electrons. The van der Waals surface area contributed by atoms with E-state index in [0.717, 1.165) is 11.3 Å². The number of alkyl halides is 3. The van der Waals surface area contributed by atoms with Gasteiger partial charge in [-0.3, -0.25) is 0 Å². The first kappa shape index (κ1) is 13.4. The fourth-order valence-corrected chi connectivity index (χ4v) is 1.92. The molecule has 18 heavy (non-hydrogen) atoms. The zero-order chi connectivity index (χ0) is 13.3. The molecule has 0 spiro atoms. The molecule has 1 aromatic carbocycles. The third-order valence-electron chi connectivity index (χ3n) is 2.23. The van der Waals surface area contributed by atoms with Gasteiger partial charge in [0.15, 0.2) is 5.75 Å². The highest BCUT2D eigenvalue weighted by Crippen LogP contribution is 2.37. The molecule has 0 saturated carbocycles.